The third-order valence-electron chi connectivity index (χ3n) is 4.17. The minimum Gasteiger partial charge on any atom is -0.362 e. The zero-order chi connectivity index (χ0) is 14.7. The number of aryl methyl sites for hydroxylation is 1. The van der Waals surface area contributed by atoms with Gasteiger partial charge in [0.2, 0.25) is 0 Å². The fourth-order valence-corrected chi connectivity index (χ4v) is 2.92. The lowest BCUT2D eigenvalue weighted by molar-refractivity contribution is 0.496. The van der Waals surface area contributed by atoms with Crippen LogP contribution in [0.25, 0.3) is 0 Å². The van der Waals surface area contributed by atoms with Gasteiger partial charge in [0.15, 0.2) is 0 Å². The summed E-state index contributed by atoms with van der Waals surface area (Å²) in [6.45, 7) is 7.95. The molecule has 0 fully saturated rings. The lowest BCUT2D eigenvalue weighted by atomic mass is 10.1. The number of aromatic nitrogens is 3. The second kappa shape index (κ2) is 6.26. The van der Waals surface area contributed by atoms with E-state index in [0.717, 1.165) is 38.4 Å². The molecule has 1 aliphatic heterocycles. The Bertz CT molecular complexity index is 592. The number of hydrogen-bond donors (Lipinski definition) is 1. The summed E-state index contributed by atoms with van der Waals surface area (Å²) in [6, 6.07) is 9.15. The van der Waals surface area contributed by atoms with E-state index >= 15 is 0 Å². The molecule has 21 heavy (non-hydrogen) atoms. The van der Waals surface area contributed by atoms with Gasteiger partial charge in [-0.25, -0.2) is 9.67 Å². The van der Waals surface area contributed by atoms with Crippen LogP contribution in [0.15, 0.2) is 30.6 Å². The monoisotopic (exact) mass is 285 g/mol. The molecule has 5 heteroatoms. The lowest BCUT2D eigenvalue weighted by Crippen LogP contribution is -2.38. The highest BCUT2D eigenvalue weighted by molar-refractivity contribution is 5.54. The zero-order valence-corrected chi connectivity index (χ0v) is 12.8. The minimum atomic E-state index is 0.510. The van der Waals surface area contributed by atoms with Gasteiger partial charge in [0.05, 0.1) is 6.54 Å². The van der Waals surface area contributed by atoms with Gasteiger partial charge in [0, 0.05) is 31.4 Å². The molecule has 2 heterocycles. The zero-order valence-electron chi connectivity index (χ0n) is 12.8. The van der Waals surface area contributed by atoms with E-state index in [1.165, 1.54) is 11.3 Å². The Kier molecular flexibility index (Phi) is 4.20. The topological polar surface area (TPSA) is 46.0 Å². The summed E-state index contributed by atoms with van der Waals surface area (Å²) >= 11 is 0. The standard InChI is InChI=1S/C16H23N5/c1-3-14-10-20(11-16-18-12-19-21(16)4-2)15-8-6-5-7-13(15)9-17-14/h5-8,12,14,17H,3-4,9-11H2,1-2H3. The Labute approximate surface area is 126 Å². The first-order chi connectivity index (χ1) is 10.3. The van der Waals surface area contributed by atoms with E-state index in [2.05, 4.69) is 58.4 Å². The van der Waals surface area contributed by atoms with E-state index in [4.69, 9.17) is 0 Å². The molecule has 0 saturated heterocycles. The van der Waals surface area contributed by atoms with Gasteiger partial charge in [-0.2, -0.15) is 5.10 Å². The molecule has 0 aliphatic carbocycles. The van der Waals surface area contributed by atoms with Gasteiger partial charge in [-0.3, -0.25) is 0 Å². The van der Waals surface area contributed by atoms with Gasteiger partial charge in [-0.1, -0.05) is 25.1 Å². The second-order valence-corrected chi connectivity index (χ2v) is 5.49. The molecule has 112 valence electrons. The molecule has 1 aromatic heterocycles. The highest BCUT2D eigenvalue weighted by Gasteiger charge is 2.21. The third-order valence-corrected chi connectivity index (χ3v) is 4.17. The van der Waals surface area contributed by atoms with Gasteiger partial charge < -0.3 is 10.2 Å². The summed E-state index contributed by atoms with van der Waals surface area (Å²) in [7, 11) is 0. The molecule has 0 amide bonds. The van der Waals surface area contributed by atoms with E-state index in [9.17, 15) is 0 Å². The van der Waals surface area contributed by atoms with Crippen molar-refractivity contribution in [1.82, 2.24) is 20.1 Å². The van der Waals surface area contributed by atoms with Gasteiger partial charge in [0.1, 0.15) is 12.2 Å². The van der Waals surface area contributed by atoms with Crippen molar-refractivity contribution < 1.29 is 0 Å². The Balaban J connectivity index is 1.90. The number of para-hydroxylation sites is 1. The number of nitrogens with one attached hydrogen (secondary N) is 1. The maximum Gasteiger partial charge on any atom is 0.146 e. The van der Waals surface area contributed by atoms with Crippen molar-refractivity contribution in [2.24, 2.45) is 0 Å². The van der Waals surface area contributed by atoms with Crippen molar-refractivity contribution in [1.29, 1.82) is 0 Å². The van der Waals surface area contributed by atoms with Crippen LogP contribution in [-0.2, 0) is 19.6 Å². The molecule has 1 unspecified atom stereocenters. The van der Waals surface area contributed by atoms with Crippen molar-refractivity contribution in [2.45, 2.75) is 45.9 Å². The van der Waals surface area contributed by atoms with Crippen LogP contribution in [0.2, 0.25) is 0 Å². The van der Waals surface area contributed by atoms with Crippen molar-refractivity contribution >= 4 is 5.69 Å². The highest BCUT2D eigenvalue weighted by atomic mass is 15.3. The van der Waals surface area contributed by atoms with Crippen LogP contribution in [0, 0.1) is 0 Å². The molecule has 1 N–H and O–H groups in total. The molecule has 5 nitrogen and oxygen atoms in total. The number of nitrogens with zero attached hydrogens (tertiary/aromatic N) is 4. The van der Waals surface area contributed by atoms with Gasteiger partial charge in [-0.15, -0.1) is 0 Å². The van der Waals surface area contributed by atoms with Crippen LogP contribution in [0.5, 0.6) is 0 Å². The van der Waals surface area contributed by atoms with Crippen LogP contribution < -0.4 is 10.2 Å². The highest BCUT2D eigenvalue weighted by Crippen LogP contribution is 2.25. The molecule has 1 aromatic carbocycles. The summed E-state index contributed by atoms with van der Waals surface area (Å²) < 4.78 is 1.97. The Hall–Kier alpha value is -1.88. The number of rotatable bonds is 4. The maximum absolute atomic E-state index is 4.43. The van der Waals surface area contributed by atoms with Crippen LogP contribution in [0.4, 0.5) is 5.69 Å². The first-order valence-electron chi connectivity index (χ1n) is 7.74. The molecule has 0 spiro atoms. The first-order valence-corrected chi connectivity index (χ1v) is 7.74. The van der Waals surface area contributed by atoms with Gasteiger partial charge in [0.25, 0.3) is 0 Å². The molecule has 0 radical (unpaired) electrons. The quantitative estimate of drug-likeness (QED) is 0.935. The van der Waals surface area contributed by atoms with E-state index in [0.29, 0.717) is 6.04 Å². The van der Waals surface area contributed by atoms with E-state index < -0.39 is 0 Å². The second-order valence-electron chi connectivity index (χ2n) is 5.49. The van der Waals surface area contributed by atoms with E-state index in [-0.39, 0.29) is 0 Å². The molecule has 0 saturated carbocycles. The first kappa shape index (κ1) is 14.1. The van der Waals surface area contributed by atoms with Gasteiger partial charge >= 0.3 is 0 Å². The largest absolute Gasteiger partial charge is 0.362 e. The molecule has 1 atom stereocenters. The van der Waals surface area contributed by atoms with Crippen LogP contribution in [0.1, 0.15) is 31.7 Å². The van der Waals surface area contributed by atoms with E-state index in [1.54, 1.807) is 6.33 Å². The maximum atomic E-state index is 4.43. The van der Waals surface area contributed by atoms with Crippen LogP contribution in [-0.4, -0.2) is 27.4 Å². The van der Waals surface area contributed by atoms with E-state index in [1.807, 2.05) is 4.68 Å². The molecule has 2 aromatic rings. The molecular weight excluding hydrogens is 262 g/mol. The molecule has 0 bridgehead atoms. The van der Waals surface area contributed by atoms with Crippen molar-refractivity contribution in [3.05, 3.63) is 42.0 Å². The summed E-state index contributed by atoms with van der Waals surface area (Å²) in [5.41, 5.74) is 2.67. The summed E-state index contributed by atoms with van der Waals surface area (Å²) in [4.78, 5) is 6.86. The van der Waals surface area contributed by atoms with Crippen molar-refractivity contribution in [3.63, 3.8) is 0 Å². The Morgan fingerprint density at radius 1 is 1.29 bits per heavy atom. The predicted octanol–water partition coefficient (Wildman–Crippen LogP) is 2.19. The van der Waals surface area contributed by atoms with Crippen molar-refractivity contribution in [3.8, 4) is 0 Å². The van der Waals surface area contributed by atoms with Crippen molar-refractivity contribution in [2.75, 3.05) is 11.4 Å². The SMILES string of the molecule is CCC1CN(Cc2ncnn2CC)c2ccccc2CN1. The number of fused-ring (bicyclic) bond motifs is 1. The Morgan fingerprint density at radius 2 is 2.14 bits per heavy atom. The van der Waals surface area contributed by atoms with Crippen LogP contribution >= 0.6 is 0 Å². The fraction of sp³-hybridized carbons (Fsp3) is 0.500. The Morgan fingerprint density at radius 3 is 2.95 bits per heavy atom. The normalized spacial score (nSPS) is 18.4. The minimum absolute atomic E-state index is 0.510. The summed E-state index contributed by atoms with van der Waals surface area (Å²) in [6.07, 6.45) is 2.78. The molecule has 3 rings (SSSR count). The average Bonchev–Trinajstić information content (AvgIpc) is 2.89. The average molecular weight is 285 g/mol. The molecular formula is C16H23N5. The predicted molar refractivity (Wildman–Crippen MR) is 84.1 cm³/mol. The number of benzene rings is 1. The van der Waals surface area contributed by atoms with Gasteiger partial charge in [-0.05, 0) is 25.0 Å². The summed E-state index contributed by atoms with van der Waals surface area (Å²) in [5, 5.41) is 7.92. The summed E-state index contributed by atoms with van der Waals surface area (Å²) in [5.74, 6) is 1.03. The number of hydrogen-bond acceptors (Lipinski definition) is 4. The fourth-order valence-electron chi connectivity index (χ4n) is 2.92. The van der Waals surface area contributed by atoms with Crippen LogP contribution in [0.3, 0.4) is 0 Å². The smallest absolute Gasteiger partial charge is 0.146 e. The lowest BCUT2D eigenvalue weighted by Gasteiger charge is -2.27. The number of anilines is 1. The third kappa shape index (κ3) is 2.93. The molecule has 1 aliphatic rings.